The van der Waals surface area contributed by atoms with Crippen LogP contribution in [0.2, 0.25) is 0 Å². The SMILES string of the molecule is COc1cccc2c1OCCCN(C(=O)[C@H]1NCCc3[nH]cnc31)C2. The summed E-state index contributed by atoms with van der Waals surface area (Å²) in [5, 5.41) is 3.31. The summed E-state index contributed by atoms with van der Waals surface area (Å²) in [7, 11) is 1.63. The van der Waals surface area contributed by atoms with E-state index >= 15 is 0 Å². The Morgan fingerprint density at radius 3 is 3.24 bits per heavy atom. The zero-order valence-corrected chi connectivity index (χ0v) is 14.2. The lowest BCUT2D eigenvalue weighted by atomic mass is 10.0. The number of ether oxygens (including phenoxy) is 2. The normalized spacial score (nSPS) is 19.9. The van der Waals surface area contributed by atoms with E-state index in [-0.39, 0.29) is 11.9 Å². The van der Waals surface area contributed by atoms with Crippen molar-refractivity contribution in [2.24, 2.45) is 0 Å². The van der Waals surface area contributed by atoms with Gasteiger partial charge in [-0.05, 0) is 12.5 Å². The van der Waals surface area contributed by atoms with Gasteiger partial charge in [0.25, 0.3) is 0 Å². The van der Waals surface area contributed by atoms with Crippen molar-refractivity contribution in [2.45, 2.75) is 25.4 Å². The summed E-state index contributed by atoms with van der Waals surface area (Å²) >= 11 is 0. The summed E-state index contributed by atoms with van der Waals surface area (Å²) in [6, 6.07) is 5.41. The van der Waals surface area contributed by atoms with Gasteiger partial charge in [0.1, 0.15) is 6.04 Å². The maximum Gasteiger partial charge on any atom is 0.246 e. The highest BCUT2D eigenvalue weighted by atomic mass is 16.5. The number of hydrogen-bond acceptors (Lipinski definition) is 5. The van der Waals surface area contributed by atoms with Crippen LogP contribution in [0.15, 0.2) is 24.5 Å². The van der Waals surface area contributed by atoms with Gasteiger partial charge in [-0.3, -0.25) is 4.79 Å². The second kappa shape index (κ2) is 6.76. The van der Waals surface area contributed by atoms with Crippen molar-refractivity contribution in [3.8, 4) is 11.5 Å². The fraction of sp³-hybridized carbons (Fsp3) is 0.444. The van der Waals surface area contributed by atoms with Gasteiger partial charge < -0.3 is 24.7 Å². The highest BCUT2D eigenvalue weighted by Crippen LogP contribution is 2.34. The lowest BCUT2D eigenvalue weighted by Crippen LogP contribution is -2.44. The molecule has 1 atom stereocenters. The quantitative estimate of drug-likeness (QED) is 0.863. The number of benzene rings is 1. The number of para-hydroxylation sites is 1. The number of rotatable bonds is 2. The third kappa shape index (κ3) is 2.95. The molecule has 0 spiro atoms. The van der Waals surface area contributed by atoms with Gasteiger partial charge in [-0.15, -0.1) is 0 Å². The van der Waals surface area contributed by atoms with Gasteiger partial charge >= 0.3 is 0 Å². The van der Waals surface area contributed by atoms with E-state index in [0.29, 0.717) is 25.4 Å². The average molecular weight is 342 g/mol. The van der Waals surface area contributed by atoms with Gasteiger partial charge in [0, 0.05) is 37.3 Å². The number of aromatic amines is 1. The smallest absolute Gasteiger partial charge is 0.246 e. The van der Waals surface area contributed by atoms with Gasteiger partial charge in [-0.1, -0.05) is 12.1 Å². The molecule has 2 aliphatic heterocycles. The Bertz CT molecular complexity index is 773. The fourth-order valence-electron chi connectivity index (χ4n) is 3.52. The Hall–Kier alpha value is -2.54. The number of hydrogen-bond donors (Lipinski definition) is 2. The van der Waals surface area contributed by atoms with E-state index in [2.05, 4.69) is 15.3 Å². The van der Waals surface area contributed by atoms with Crippen LogP contribution in [0.5, 0.6) is 11.5 Å². The van der Waals surface area contributed by atoms with Crippen LogP contribution in [0.4, 0.5) is 0 Å². The van der Waals surface area contributed by atoms with Crippen LogP contribution in [-0.4, -0.2) is 47.6 Å². The molecule has 2 N–H and O–H groups in total. The number of carbonyl (C=O) groups is 1. The fourth-order valence-corrected chi connectivity index (χ4v) is 3.52. The minimum atomic E-state index is -0.385. The molecule has 1 aromatic carbocycles. The molecule has 7 nitrogen and oxygen atoms in total. The molecule has 132 valence electrons. The number of H-pyrrole nitrogens is 1. The lowest BCUT2D eigenvalue weighted by Gasteiger charge is -2.31. The number of amides is 1. The molecule has 0 bridgehead atoms. The Morgan fingerprint density at radius 1 is 1.44 bits per heavy atom. The third-order valence-corrected chi connectivity index (χ3v) is 4.77. The van der Waals surface area contributed by atoms with Crippen molar-refractivity contribution in [3.63, 3.8) is 0 Å². The third-order valence-electron chi connectivity index (χ3n) is 4.77. The predicted molar refractivity (Wildman–Crippen MR) is 91.6 cm³/mol. The van der Waals surface area contributed by atoms with E-state index in [0.717, 1.165) is 42.1 Å². The standard InChI is InChI=1S/C18H22N4O3/c1-24-14-5-2-4-12-10-22(8-3-9-25-17(12)14)18(23)16-15-13(6-7-19-16)20-11-21-15/h2,4-5,11,16,19H,3,6-10H2,1H3,(H,20,21)/t16-/m0/s1. The van der Waals surface area contributed by atoms with E-state index < -0.39 is 0 Å². The maximum atomic E-state index is 13.2. The van der Waals surface area contributed by atoms with Crippen molar-refractivity contribution in [3.05, 3.63) is 41.5 Å². The number of aromatic nitrogens is 2. The number of imidazole rings is 1. The minimum absolute atomic E-state index is 0.0590. The summed E-state index contributed by atoms with van der Waals surface area (Å²) in [6.07, 6.45) is 3.32. The summed E-state index contributed by atoms with van der Waals surface area (Å²) in [4.78, 5) is 22.6. The molecule has 0 aliphatic carbocycles. The molecule has 1 aromatic heterocycles. The average Bonchev–Trinajstić information content (AvgIpc) is 3.10. The summed E-state index contributed by atoms with van der Waals surface area (Å²) < 4.78 is 11.3. The van der Waals surface area contributed by atoms with E-state index in [1.165, 1.54) is 0 Å². The monoisotopic (exact) mass is 342 g/mol. The molecule has 4 rings (SSSR count). The molecule has 7 heteroatoms. The van der Waals surface area contributed by atoms with Crippen molar-refractivity contribution >= 4 is 5.91 Å². The van der Waals surface area contributed by atoms with Crippen LogP contribution in [-0.2, 0) is 17.8 Å². The predicted octanol–water partition coefficient (Wildman–Crippen LogP) is 1.42. The highest BCUT2D eigenvalue weighted by molar-refractivity contribution is 5.83. The van der Waals surface area contributed by atoms with E-state index in [1.54, 1.807) is 13.4 Å². The molecule has 3 heterocycles. The van der Waals surface area contributed by atoms with Crippen LogP contribution in [0.1, 0.15) is 29.4 Å². The van der Waals surface area contributed by atoms with Crippen molar-refractivity contribution in [2.75, 3.05) is 26.8 Å². The molecule has 0 fully saturated rings. The Morgan fingerprint density at radius 2 is 2.36 bits per heavy atom. The Labute approximate surface area is 146 Å². The summed E-state index contributed by atoms with van der Waals surface area (Å²) in [6.45, 7) is 2.49. The number of nitrogens with one attached hydrogen (secondary N) is 2. The van der Waals surface area contributed by atoms with Crippen LogP contribution in [0.3, 0.4) is 0 Å². The minimum Gasteiger partial charge on any atom is -0.493 e. The molecule has 0 radical (unpaired) electrons. The topological polar surface area (TPSA) is 79.5 Å². The lowest BCUT2D eigenvalue weighted by molar-refractivity contribution is -0.134. The largest absolute Gasteiger partial charge is 0.493 e. The van der Waals surface area contributed by atoms with Gasteiger partial charge in [-0.25, -0.2) is 4.98 Å². The number of carbonyl (C=O) groups excluding carboxylic acids is 1. The molecule has 0 saturated heterocycles. The first-order valence-corrected chi connectivity index (χ1v) is 8.61. The van der Waals surface area contributed by atoms with Crippen molar-refractivity contribution < 1.29 is 14.3 Å². The van der Waals surface area contributed by atoms with E-state index in [4.69, 9.17) is 9.47 Å². The zero-order valence-electron chi connectivity index (χ0n) is 14.2. The second-order valence-corrected chi connectivity index (χ2v) is 6.31. The van der Waals surface area contributed by atoms with Crippen molar-refractivity contribution in [1.82, 2.24) is 20.2 Å². The maximum absolute atomic E-state index is 13.2. The van der Waals surface area contributed by atoms with Gasteiger partial charge in [0.05, 0.1) is 25.7 Å². The van der Waals surface area contributed by atoms with Crippen LogP contribution in [0, 0.1) is 0 Å². The number of methoxy groups -OCH3 is 1. The van der Waals surface area contributed by atoms with Crippen molar-refractivity contribution in [1.29, 1.82) is 0 Å². The second-order valence-electron chi connectivity index (χ2n) is 6.31. The molecule has 2 aliphatic rings. The molecule has 2 aromatic rings. The summed E-state index contributed by atoms with van der Waals surface area (Å²) in [5.74, 6) is 1.50. The first-order valence-electron chi connectivity index (χ1n) is 8.61. The molecule has 0 unspecified atom stereocenters. The molecular formula is C18H22N4O3. The molecule has 25 heavy (non-hydrogen) atoms. The molecule has 0 saturated carbocycles. The Kier molecular flexibility index (Phi) is 4.31. The van der Waals surface area contributed by atoms with Crippen LogP contribution < -0.4 is 14.8 Å². The first kappa shape index (κ1) is 16.0. The number of fused-ring (bicyclic) bond motifs is 2. The summed E-state index contributed by atoms with van der Waals surface area (Å²) in [5.41, 5.74) is 2.83. The van der Waals surface area contributed by atoms with Gasteiger partial charge in [0.2, 0.25) is 5.91 Å². The highest BCUT2D eigenvalue weighted by Gasteiger charge is 2.32. The number of nitrogens with zero attached hydrogens (tertiary/aromatic N) is 2. The van der Waals surface area contributed by atoms with Gasteiger partial charge in [0.15, 0.2) is 11.5 Å². The first-order chi connectivity index (χ1) is 12.3. The molecule has 1 amide bonds. The van der Waals surface area contributed by atoms with Crippen LogP contribution in [0.25, 0.3) is 0 Å². The Balaban J connectivity index is 1.61. The van der Waals surface area contributed by atoms with Crippen LogP contribution >= 0.6 is 0 Å². The van der Waals surface area contributed by atoms with Gasteiger partial charge in [-0.2, -0.15) is 0 Å². The van der Waals surface area contributed by atoms with E-state index in [1.807, 2.05) is 23.1 Å². The van der Waals surface area contributed by atoms with E-state index in [9.17, 15) is 4.79 Å². The molecular weight excluding hydrogens is 320 g/mol. The zero-order chi connectivity index (χ0) is 17.2.